The fourth-order valence-corrected chi connectivity index (χ4v) is 3.23. The quantitative estimate of drug-likeness (QED) is 0.591. The molecule has 0 fully saturated rings. The first-order valence-electron chi connectivity index (χ1n) is 7.82. The van der Waals surface area contributed by atoms with Crippen molar-refractivity contribution in [2.75, 3.05) is 0 Å². The lowest BCUT2D eigenvalue weighted by Crippen LogP contribution is -2.11. The molecule has 0 saturated carbocycles. The maximum absolute atomic E-state index is 14.1. The molecule has 0 spiro atoms. The molecule has 0 unspecified atom stereocenters. The van der Waals surface area contributed by atoms with Gasteiger partial charge in [0.05, 0.1) is 17.6 Å². The molecule has 0 aliphatic carbocycles. The van der Waals surface area contributed by atoms with Gasteiger partial charge < -0.3 is 10.3 Å². The van der Waals surface area contributed by atoms with Crippen molar-refractivity contribution < 1.29 is 18.0 Å². The highest BCUT2D eigenvalue weighted by Gasteiger charge is 2.18. The molecule has 1 heterocycles. The number of benzene rings is 3. The molecule has 4 aromatic rings. The van der Waals surface area contributed by atoms with Crippen molar-refractivity contribution in [2.24, 2.45) is 5.73 Å². The number of carbonyl (C=O) groups is 1. The van der Waals surface area contributed by atoms with Gasteiger partial charge in [-0.3, -0.25) is 4.79 Å². The van der Waals surface area contributed by atoms with Gasteiger partial charge in [-0.25, -0.2) is 13.2 Å². The standard InChI is InChI=1S/C20H12F3N2O/c21-12-6-7-17-15(8-12)19-14(20(24)26)2-1-3-18(19)25(17)10-11-4-5-13(22)9-16(11)23/h1-7,9H,10H2,(H2,24,26). The Balaban J connectivity index is 2.04. The van der Waals surface area contributed by atoms with E-state index < -0.39 is 23.4 Å². The second kappa shape index (κ2) is 5.91. The van der Waals surface area contributed by atoms with Crippen molar-refractivity contribution >= 4 is 27.7 Å². The van der Waals surface area contributed by atoms with Crippen LogP contribution < -0.4 is 5.73 Å². The van der Waals surface area contributed by atoms with Crippen molar-refractivity contribution in [2.45, 2.75) is 6.54 Å². The molecule has 2 N–H and O–H groups in total. The molecule has 6 heteroatoms. The maximum Gasteiger partial charge on any atom is 0.249 e. The Morgan fingerprint density at radius 2 is 1.85 bits per heavy atom. The predicted molar refractivity (Wildman–Crippen MR) is 92.2 cm³/mol. The average Bonchev–Trinajstić information content (AvgIpc) is 2.90. The van der Waals surface area contributed by atoms with Gasteiger partial charge in [-0.2, -0.15) is 0 Å². The summed E-state index contributed by atoms with van der Waals surface area (Å²) < 4.78 is 42.8. The molecular formula is C20H12F3N2O. The zero-order valence-electron chi connectivity index (χ0n) is 13.4. The Morgan fingerprint density at radius 1 is 1.04 bits per heavy atom. The van der Waals surface area contributed by atoms with Crippen molar-refractivity contribution in [3.8, 4) is 0 Å². The molecule has 3 nitrogen and oxygen atoms in total. The van der Waals surface area contributed by atoms with E-state index in [1.54, 1.807) is 22.8 Å². The van der Waals surface area contributed by atoms with E-state index >= 15 is 0 Å². The minimum absolute atomic E-state index is 0.0772. The molecule has 26 heavy (non-hydrogen) atoms. The normalized spacial score (nSPS) is 11.3. The van der Waals surface area contributed by atoms with Crippen LogP contribution in [-0.2, 0) is 6.54 Å². The van der Waals surface area contributed by atoms with E-state index in [-0.39, 0.29) is 17.7 Å². The third-order valence-electron chi connectivity index (χ3n) is 4.37. The van der Waals surface area contributed by atoms with Gasteiger partial charge in [-0.1, -0.05) is 12.1 Å². The summed E-state index contributed by atoms with van der Waals surface area (Å²) in [6, 6.07) is 13.6. The third kappa shape index (κ3) is 2.50. The van der Waals surface area contributed by atoms with Crippen LogP contribution in [0.2, 0.25) is 0 Å². The number of fused-ring (bicyclic) bond motifs is 3. The first kappa shape index (κ1) is 16.2. The number of hydrogen-bond acceptors (Lipinski definition) is 1. The highest BCUT2D eigenvalue weighted by molar-refractivity contribution is 6.17. The number of nitrogens with two attached hydrogens (primary N) is 1. The van der Waals surface area contributed by atoms with Crippen LogP contribution in [0.4, 0.5) is 13.2 Å². The first-order chi connectivity index (χ1) is 12.5. The summed E-state index contributed by atoms with van der Waals surface area (Å²) in [5.41, 5.74) is 7.10. The van der Waals surface area contributed by atoms with Gasteiger partial charge in [-0.05, 0) is 30.3 Å². The smallest absolute Gasteiger partial charge is 0.249 e. The van der Waals surface area contributed by atoms with Gasteiger partial charge in [0.2, 0.25) is 5.91 Å². The molecule has 0 atom stereocenters. The van der Waals surface area contributed by atoms with Crippen LogP contribution in [-0.4, -0.2) is 10.5 Å². The van der Waals surface area contributed by atoms with E-state index in [0.29, 0.717) is 21.8 Å². The van der Waals surface area contributed by atoms with Crippen LogP contribution in [0.25, 0.3) is 21.8 Å². The van der Waals surface area contributed by atoms with E-state index in [2.05, 4.69) is 6.07 Å². The summed E-state index contributed by atoms with van der Waals surface area (Å²) in [6.45, 7) is 0.0772. The zero-order chi connectivity index (χ0) is 18.4. The Morgan fingerprint density at radius 3 is 2.58 bits per heavy atom. The number of hydrogen-bond donors (Lipinski definition) is 1. The van der Waals surface area contributed by atoms with Crippen LogP contribution in [0, 0.1) is 23.5 Å². The van der Waals surface area contributed by atoms with E-state index in [9.17, 15) is 18.0 Å². The topological polar surface area (TPSA) is 48.0 Å². The Hall–Kier alpha value is -3.28. The van der Waals surface area contributed by atoms with Gasteiger partial charge in [0, 0.05) is 34.0 Å². The molecule has 129 valence electrons. The molecule has 1 radical (unpaired) electrons. The molecule has 1 aromatic heterocycles. The van der Waals surface area contributed by atoms with Crippen LogP contribution in [0.5, 0.6) is 0 Å². The Kier molecular flexibility index (Phi) is 3.68. The minimum Gasteiger partial charge on any atom is -0.366 e. The highest BCUT2D eigenvalue weighted by Crippen LogP contribution is 2.32. The van der Waals surface area contributed by atoms with Gasteiger partial charge in [0.1, 0.15) is 17.5 Å². The molecule has 4 rings (SSSR count). The fourth-order valence-electron chi connectivity index (χ4n) is 3.23. The largest absolute Gasteiger partial charge is 0.366 e. The SMILES string of the molecule is NC(=O)c1cccc2c1c1[c]c(F)ccc1n2Cc1ccc(F)cc1F. The van der Waals surface area contributed by atoms with Gasteiger partial charge in [-0.15, -0.1) is 0 Å². The second-order valence-electron chi connectivity index (χ2n) is 5.95. The summed E-state index contributed by atoms with van der Waals surface area (Å²) >= 11 is 0. The van der Waals surface area contributed by atoms with Crippen LogP contribution >= 0.6 is 0 Å². The van der Waals surface area contributed by atoms with Crippen molar-refractivity contribution in [3.63, 3.8) is 0 Å². The summed E-state index contributed by atoms with van der Waals surface area (Å²) in [5.74, 6) is -2.58. The van der Waals surface area contributed by atoms with Crippen molar-refractivity contribution in [1.29, 1.82) is 0 Å². The molecular weight excluding hydrogens is 341 g/mol. The lowest BCUT2D eigenvalue weighted by Gasteiger charge is -2.09. The molecule has 1 amide bonds. The number of amides is 1. The minimum atomic E-state index is -0.683. The molecule has 0 saturated heterocycles. The molecule has 3 aromatic carbocycles. The summed E-state index contributed by atoms with van der Waals surface area (Å²) in [5, 5.41) is 0.842. The van der Waals surface area contributed by atoms with Gasteiger partial charge >= 0.3 is 0 Å². The lowest BCUT2D eigenvalue weighted by molar-refractivity contribution is 0.100. The Bertz CT molecular complexity index is 1180. The number of aromatic nitrogens is 1. The summed E-state index contributed by atoms with van der Waals surface area (Å²) in [4.78, 5) is 11.8. The second-order valence-corrected chi connectivity index (χ2v) is 5.95. The van der Waals surface area contributed by atoms with E-state index in [1.807, 2.05) is 0 Å². The number of halogens is 3. The summed E-state index contributed by atoms with van der Waals surface area (Å²) in [6.07, 6.45) is 0. The van der Waals surface area contributed by atoms with E-state index in [0.717, 1.165) is 6.07 Å². The van der Waals surface area contributed by atoms with E-state index in [1.165, 1.54) is 24.3 Å². The lowest BCUT2D eigenvalue weighted by atomic mass is 10.1. The number of primary amides is 1. The average molecular weight is 353 g/mol. The highest BCUT2D eigenvalue weighted by atomic mass is 19.1. The van der Waals surface area contributed by atoms with Crippen molar-refractivity contribution in [1.82, 2.24) is 4.57 Å². The van der Waals surface area contributed by atoms with Gasteiger partial charge in [0.25, 0.3) is 0 Å². The third-order valence-corrected chi connectivity index (χ3v) is 4.37. The number of nitrogens with zero attached hydrogens (tertiary/aromatic N) is 1. The predicted octanol–water partition coefficient (Wildman–Crippen LogP) is 4.16. The number of rotatable bonds is 3. The monoisotopic (exact) mass is 353 g/mol. The first-order valence-corrected chi connectivity index (χ1v) is 7.82. The van der Waals surface area contributed by atoms with Gasteiger partial charge in [0.15, 0.2) is 0 Å². The van der Waals surface area contributed by atoms with E-state index in [4.69, 9.17) is 5.73 Å². The van der Waals surface area contributed by atoms with Crippen molar-refractivity contribution in [3.05, 3.63) is 83.2 Å². The molecule has 0 aliphatic heterocycles. The zero-order valence-corrected chi connectivity index (χ0v) is 13.4. The van der Waals surface area contributed by atoms with Crippen LogP contribution in [0.1, 0.15) is 15.9 Å². The summed E-state index contributed by atoms with van der Waals surface area (Å²) in [7, 11) is 0. The van der Waals surface area contributed by atoms with Crippen LogP contribution in [0.3, 0.4) is 0 Å². The molecule has 0 bridgehead atoms. The number of carbonyl (C=O) groups excluding carboxylic acids is 1. The maximum atomic E-state index is 14.1. The molecule has 0 aliphatic rings. The van der Waals surface area contributed by atoms with Crippen LogP contribution in [0.15, 0.2) is 48.5 Å². The fraction of sp³-hybridized carbons (Fsp3) is 0.0500. The Labute approximate surface area is 146 Å².